The van der Waals surface area contributed by atoms with Crippen LogP contribution in [-0.4, -0.2) is 79.0 Å². The molecule has 2 atom stereocenters. The van der Waals surface area contributed by atoms with E-state index in [-0.39, 0.29) is 12.6 Å². The van der Waals surface area contributed by atoms with Gasteiger partial charge in [0, 0.05) is 54.4 Å². The molecular formula is C28H33F3N4O2S. The molecule has 1 aliphatic heterocycles. The maximum Gasteiger partial charge on any atom is 0.406 e. The first-order valence-corrected chi connectivity index (χ1v) is 13.7. The molecule has 204 valence electrons. The van der Waals surface area contributed by atoms with Crippen molar-refractivity contribution < 1.29 is 23.0 Å². The van der Waals surface area contributed by atoms with E-state index in [1.165, 1.54) is 4.57 Å². The van der Waals surface area contributed by atoms with Crippen LogP contribution < -0.4 is 10.6 Å². The molecule has 2 aromatic carbocycles. The number of β-amino-alcohol motifs (C(OH)–C–C–N with tert-alkyl or cyclic N) is 1. The summed E-state index contributed by atoms with van der Waals surface area (Å²) < 4.78 is 46.7. The molecule has 2 unspecified atom stereocenters. The number of hydrogen-bond donors (Lipinski definition) is 3. The van der Waals surface area contributed by atoms with Gasteiger partial charge in [-0.15, -0.1) is 11.8 Å². The monoisotopic (exact) mass is 546 g/mol. The molecule has 1 aromatic heterocycles. The predicted octanol–water partition coefficient (Wildman–Crippen LogP) is 4.88. The van der Waals surface area contributed by atoms with Gasteiger partial charge in [-0.2, -0.15) is 13.2 Å². The highest BCUT2D eigenvalue weighted by atomic mass is 32.2. The lowest BCUT2D eigenvalue weighted by molar-refractivity contribution is -0.140. The number of thioether (sulfide) groups is 1. The molecule has 0 aliphatic carbocycles. The molecule has 3 aromatic rings. The van der Waals surface area contributed by atoms with Crippen LogP contribution in [0.2, 0.25) is 0 Å². The Morgan fingerprint density at radius 2 is 2.00 bits per heavy atom. The normalized spacial score (nSPS) is 16.8. The van der Waals surface area contributed by atoms with Crippen molar-refractivity contribution in [3.63, 3.8) is 0 Å². The van der Waals surface area contributed by atoms with Gasteiger partial charge in [-0.1, -0.05) is 12.0 Å². The number of halogens is 3. The number of aromatic nitrogens is 1. The maximum absolute atomic E-state index is 13.5. The van der Waals surface area contributed by atoms with Crippen molar-refractivity contribution in [3.8, 4) is 11.8 Å². The number of nitrogens with one attached hydrogen (secondary N) is 2. The van der Waals surface area contributed by atoms with Crippen LogP contribution in [0.1, 0.15) is 12.1 Å². The average Bonchev–Trinajstić information content (AvgIpc) is 3.46. The smallest absolute Gasteiger partial charge is 0.389 e. The fraction of sp³-hybridized carbons (Fsp3) is 0.429. The van der Waals surface area contributed by atoms with Crippen molar-refractivity contribution in [1.82, 2.24) is 9.47 Å². The molecule has 0 radical (unpaired) electrons. The molecule has 1 aliphatic rings. The van der Waals surface area contributed by atoms with Crippen molar-refractivity contribution in [3.05, 3.63) is 54.2 Å². The summed E-state index contributed by atoms with van der Waals surface area (Å²) in [4.78, 5) is 3.31. The lowest BCUT2D eigenvalue weighted by atomic mass is 10.1. The zero-order chi connectivity index (χ0) is 27.1. The van der Waals surface area contributed by atoms with Gasteiger partial charge < -0.3 is 25.0 Å². The topological polar surface area (TPSA) is 61.7 Å². The van der Waals surface area contributed by atoms with Gasteiger partial charge in [0.2, 0.25) is 0 Å². The molecule has 0 saturated carbocycles. The highest BCUT2D eigenvalue weighted by Crippen LogP contribution is 2.31. The summed E-state index contributed by atoms with van der Waals surface area (Å²) in [7, 11) is 1.56. The molecule has 0 amide bonds. The maximum atomic E-state index is 13.5. The second-order valence-electron chi connectivity index (χ2n) is 9.35. The Morgan fingerprint density at radius 3 is 2.71 bits per heavy atom. The van der Waals surface area contributed by atoms with E-state index in [4.69, 9.17) is 4.74 Å². The number of fused-ring (bicyclic) bond motifs is 1. The SMILES string of the molecule is COCC(O)CN1CCC(Nc2cccc3c2cc(C#CCNc2ccc(SC)cc2)n3CC(F)(F)F)C1. The van der Waals surface area contributed by atoms with Gasteiger partial charge >= 0.3 is 6.18 Å². The fourth-order valence-electron chi connectivity index (χ4n) is 4.73. The largest absolute Gasteiger partial charge is 0.406 e. The highest BCUT2D eigenvalue weighted by molar-refractivity contribution is 7.98. The van der Waals surface area contributed by atoms with Crippen LogP contribution in [0.4, 0.5) is 24.5 Å². The lowest BCUT2D eigenvalue weighted by Gasteiger charge is -2.20. The number of likely N-dealkylation sites (tertiary alicyclic amines) is 1. The van der Waals surface area contributed by atoms with Crippen molar-refractivity contribution in [2.24, 2.45) is 0 Å². The van der Waals surface area contributed by atoms with Gasteiger partial charge in [-0.05, 0) is 61.1 Å². The Bertz CT molecular complexity index is 1270. The van der Waals surface area contributed by atoms with E-state index >= 15 is 0 Å². The number of aliphatic hydroxyl groups is 1. The Balaban J connectivity index is 1.51. The molecular weight excluding hydrogens is 513 g/mol. The van der Waals surface area contributed by atoms with Crippen LogP contribution in [0.25, 0.3) is 10.9 Å². The van der Waals surface area contributed by atoms with Gasteiger partial charge in [0.15, 0.2) is 0 Å². The van der Waals surface area contributed by atoms with E-state index in [2.05, 4.69) is 27.4 Å². The zero-order valence-corrected chi connectivity index (χ0v) is 22.3. The van der Waals surface area contributed by atoms with Gasteiger partial charge in [-0.3, -0.25) is 4.90 Å². The minimum Gasteiger partial charge on any atom is -0.389 e. The van der Waals surface area contributed by atoms with Crippen LogP contribution in [-0.2, 0) is 11.3 Å². The third-order valence-corrected chi connectivity index (χ3v) is 7.17. The van der Waals surface area contributed by atoms with Crippen molar-refractivity contribution >= 4 is 34.0 Å². The molecule has 0 bridgehead atoms. The van der Waals surface area contributed by atoms with Crippen LogP contribution in [0, 0.1) is 11.8 Å². The first kappa shape index (κ1) is 28.2. The van der Waals surface area contributed by atoms with E-state index in [0.717, 1.165) is 35.8 Å². The number of anilines is 2. The number of benzene rings is 2. The van der Waals surface area contributed by atoms with Crippen LogP contribution >= 0.6 is 11.8 Å². The number of hydrogen-bond acceptors (Lipinski definition) is 6. The van der Waals surface area contributed by atoms with Crippen LogP contribution in [0.3, 0.4) is 0 Å². The molecule has 38 heavy (non-hydrogen) atoms. The van der Waals surface area contributed by atoms with E-state index in [0.29, 0.717) is 29.7 Å². The number of methoxy groups -OCH3 is 1. The molecule has 10 heteroatoms. The molecule has 1 saturated heterocycles. The number of aliphatic hydroxyl groups excluding tert-OH is 1. The third kappa shape index (κ3) is 7.60. The number of alkyl halides is 3. The summed E-state index contributed by atoms with van der Waals surface area (Å²) in [5, 5.41) is 17.4. The van der Waals surface area contributed by atoms with Gasteiger partial charge in [-0.25, -0.2) is 0 Å². The minimum atomic E-state index is -4.38. The lowest BCUT2D eigenvalue weighted by Crippen LogP contribution is -2.34. The quantitative estimate of drug-likeness (QED) is 0.249. The summed E-state index contributed by atoms with van der Waals surface area (Å²) in [6.45, 7) is 1.56. The van der Waals surface area contributed by atoms with Crippen LogP contribution in [0.5, 0.6) is 0 Å². The van der Waals surface area contributed by atoms with Gasteiger partial charge in [0.1, 0.15) is 6.54 Å². The summed E-state index contributed by atoms with van der Waals surface area (Å²) in [5.41, 5.74) is 2.49. The van der Waals surface area contributed by atoms with Crippen molar-refractivity contribution in [2.75, 3.05) is 56.8 Å². The van der Waals surface area contributed by atoms with Crippen LogP contribution in [0.15, 0.2) is 53.4 Å². The highest BCUT2D eigenvalue weighted by Gasteiger charge is 2.30. The first-order valence-electron chi connectivity index (χ1n) is 12.5. The second-order valence-corrected chi connectivity index (χ2v) is 10.2. The summed E-state index contributed by atoms with van der Waals surface area (Å²) in [6, 6.07) is 15.1. The minimum absolute atomic E-state index is 0.123. The molecule has 1 fully saturated rings. The summed E-state index contributed by atoms with van der Waals surface area (Å²) in [5.74, 6) is 5.93. The average molecular weight is 547 g/mol. The van der Waals surface area contributed by atoms with Crippen molar-refractivity contribution in [1.29, 1.82) is 0 Å². The number of ether oxygens (including phenoxy) is 1. The number of nitrogens with zero attached hydrogens (tertiary/aromatic N) is 2. The first-order chi connectivity index (χ1) is 18.3. The predicted molar refractivity (Wildman–Crippen MR) is 148 cm³/mol. The van der Waals surface area contributed by atoms with E-state index in [1.807, 2.05) is 36.6 Å². The summed E-state index contributed by atoms with van der Waals surface area (Å²) >= 11 is 1.65. The molecule has 2 heterocycles. The Hall–Kier alpha value is -2.84. The van der Waals surface area contributed by atoms with Crippen molar-refractivity contribution in [2.45, 2.75) is 36.2 Å². The summed E-state index contributed by atoms with van der Waals surface area (Å²) in [6.07, 6.45) is -2.05. The fourth-order valence-corrected chi connectivity index (χ4v) is 5.14. The second kappa shape index (κ2) is 12.8. The molecule has 4 rings (SSSR count). The molecule has 0 spiro atoms. The molecule has 6 nitrogen and oxygen atoms in total. The van der Waals surface area contributed by atoms with E-state index < -0.39 is 18.8 Å². The van der Waals surface area contributed by atoms with E-state index in [9.17, 15) is 18.3 Å². The van der Waals surface area contributed by atoms with E-state index in [1.54, 1.807) is 37.1 Å². The number of rotatable bonds is 10. The molecule has 3 N–H and O–H groups in total. The third-order valence-electron chi connectivity index (χ3n) is 6.43. The Labute approximate surface area is 225 Å². The standard InChI is InChI=1S/C28H33F3N4O2S/c1-37-18-23(36)17-34-14-12-21(16-34)33-26-6-3-7-27-25(26)15-22(35(27)19-28(29,30)31)5-4-13-32-20-8-10-24(38-2)11-9-20/h3,6-11,15,21,23,32-33,36H,12-14,16-19H2,1-2H3. The van der Waals surface area contributed by atoms with Gasteiger partial charge in [0.25, 0.3) is 0 Å². The van der Waals surface area contributed by atoms with Gasteiger partial charge in [0.05, 0.1) is 30.5 Å². The Kier molecular flexibility index (Phi) is 9.49. The Morgan fingerprint density at radius 1 is 1.21 bits per heavy atom. The zero-order valence-electron chi connectivity index (χ0n) is 21.5.